The first-order valence-corrected chi connectivity index (χ1v) is 13.1. The molecule has 0 amide bonds. The summed E-state index contributed by atoms with van der Waals surface area (Å²) in [7, 11) is 2.69. The summed E-state index contributed by atoms with van der Waals surface area (Å²) in [6, 6.07) is 24.8. The first-order valence-electron chi connectivity index (χ1n) is 12.1. The molecule has 1 aliphatic rings. The second kappa shape index (κ2) is 13.2. The second-order valence-electron chi connectivity index (χ2n) is 8.73. The molecule has 4 rings (SSSR count). The molecule has 0 unspecified atom stereocenters. The van der Waals surface area contributed by atoms with Gasteiger partial charge in [0.05, 0.1) is 33.0 Å². The molecule has 10 heteroatoms. The van der Waals surface area contributed by atoms with Crippen LogP contribution < -0.4 is 4.74 Å². The Hall–Kier alpha value is -3.28. The summed E-state index contributed by atoms with van der Waals surface area (Å²) in [5, 5.41) is 11.3. The molecule has 3 aromatic rings. The maximum Gasteiger partial charge on any atom is 0.367 e. The van der Waals surface area contributed by atoms with Crippen LogP contribution in [0.25, 0.3) is 0 Å². The summed E-state index contributed by atoms with van der Waals surface area (Å²) in [6.07, 6.45) is -3.68. The van der Waals surface area contributed by atoms with Crippen molar-refractivity contribution in [2.75, 3.05) is 14.2 Å². The maximum atomic E-state index is 13.1. The Morgan fingerprint density at radius 1 is 0.846 bits per heavy atom. The predicted octanol–water partition coefficient (Wildman–Crippen LogP) is 4.00. The molecule has 0 aromatic heterocycles. The zero-order chi connectivity index (χ0) is 27.8. The van der Waals surface area contributed by atoms with E-state index in [1.165, 1.54) is 0 Å². The Labute approximate surface area is 234 Å². The van der Waals surface area contributed by atoms with E-state index in [4.69, 9.17) is 28.4 Å². The third kappa shape index (κ3) is 6.84. The van der Waals surface area contributed by atoms with E-state index in [-0.39, 0.29) is 13.2 Å². The molecule has 5 atom stereocenters. The Morgan fingerprint density at radius 2 is 1.44 bits per heavy atom. The molecule has 1 N–H and O–H groups in total. The highest BCUT2D eigenvalue weighted by Gasteiger charge is 2.60. The fraction of sp³-hybridized carbons (Fsp3) is 0.310. The average molecular weight is 601 g/mol. The van der Waals surface area contributed by atoms with Crippen molar-refractivity contribution in [3.63, 3.8) is 0 Å². The molecular weight excluding hydrogens is 572 g/mol. The molecule has 1 saturated heterocycles. The Bertz CT molecular complexity index is 1220. The van der Waals surface area contributed by atoms with Crippen molar-refractivity contribution < 1.29 is 43.1 Å². The summed E-state index contributed by atoms with van der Waals surface area (Å²) in [4.78, 5) is 24.6. The van der Waals surface area contributed by atoms with Gasteiger partial charge in [-0.05, 0) is 35.4 Å². The molecule has 39 heavy (non-hydrogen) atoms. The lowest BCUT2D eigenvalue weighted by molar-refractivity contribution is -0.349. The van der Waals surface area contributed by atoms with E-state index in [2.05, 4.69) is 15.9 Å². The topological polar surface area (TPSA) is 110 Å². The van der Waals surface area contributed by atoms with Crippen LogP contribution in [0.4, 0.5) is 0 Å². The predicted molar refractivity (Wildman–Crippen MR) is 143 cm³/mol. The van der Waals surface area contributed by atoms with Crippen molar-refractivity contribution in [3.05, 3.63) is 102 Å². The number of aliphatic hydroxyl groups is 1. The number of esters is 2. The van der Waals surface area contributed by atoms with Gasteiger partial charge in [0.2, 0.25) is 6.29 Å². The highest BCUT2D eigenvalue weighted by atomic mass is 79.9. The summed E-state index contributed by atoms with van der Waals surface area (Å²) in [5.41, 5.74) is 1.87. The standard InChI is InChI=1S/C29H29BrO9/c1-34-22-15-13-20(14-16-22)17-36-23-24(38-26(31)21-11-7-4-8-12-21)27(37-18-19-9-5-3-6-10-19)39-29(33,25(23)30)28(32)35-2/h3-16,23-25,27,33H,17-18H2,1-2H3/t23-,24-,25+,27-,29-/m1/s1. The van der Waals surface area contributed by atoms with Crippen LogP contribution in [0.3, 0.4) is 0 Å². The van der Waals surface area contributed by atoms with E-state index in [0.29, 0.717) is 11.3 Å². The second-order valence-corrected chi connectivity index (χ2v) is 9.72. The van der Waals surface area contributed by atoms with Crippen molar-refractivity contribution in [1.82, 2.24) is 0 Å². The highest BCUT2D eigenvalue weighted by molar-refractivity contribution is 9.09. The number of rotatable bonds is 10. The lowest BCUT2D eigenvalue weighted by Crippen LogP contribution is -2.67. The van der Waals surface area contributed by atoms with Crippen LogP contribution in [0, 0.1) is 0 Å². The fourth-order valence-corrected chi connectivity index (χ4v) is 4.77. The van der Waals surface area contributed by atoms with Gasteiger partial charge in [-0.3, -0.25) is 0 Å². The van der Waals surface area contributed by atoms with Gasteiger partial charge in [-0.25, -0.2) is 9.59 Å². The average Bonchev–Trinajstić information content (AvgIpc) is 2.98. The molecule has 0 radical (unpaired) electrons. The number of hydrogen-bond donors (Lipinski definition) is 1. The third-order valence-electron chi connectivity index (χ3n) is 6.14. The number of hydrogen-bond acceptors (Lipinski definition) is 9. The molecule has 206 valence electrons. The minimum atomic E-state index is -2.50. The number of carbonyl (C=O) groups is 2. The summed E-state index contributed by atoms with van der Waals surface area (Å²) >= 11 is 3.36. The van der Waals surface area contributed by atoms with E-state index in [1.807, 2.05) is 42.5 Å². The monoisotopic (exact) mass is 600 g/mol. The Balaban J connectivity index is 1.65. The van der Waals surface area contributed by atoms with Crippen molar-refractivity contribution in [2.45, 2.75) is 42.3 Å². The van der Waals surface area contributed by atoms with E-state index in [9.17, 15) is 14.7 Å². The molecular formula is C29H29BrO9. The van der Waals surface area contributed by atoms with Gasteiger partial charge in [0.15, 0.2) is 6.10 Å². The van der Waals surface area contributed by atoms with Crippen LogP contribution in [0.1, 0.15) is 21.5 Å². The summed E-state index contributed by atoms with van der Waals surface area (Å²) < 4.78 is 33.8. The van der Waals surface area contributed by atoms with Crippen molar-refractivity contribution in [3.8, 4) is 5.75 Å². The van der Waals surface area contributed by atoms with Crippen LogP contribution in [0.2, 0.25) is 0 Å². The van der Waals surface area contributed by atoms with E-state index < -0.39 is 41.1 Å². The van der Waals surface area contributed by atoms with Crippen molar-refractivity contribution >= 4 is 27.9 Å². The lowest BCUT2D eigenvalue weighted by atomic mass is 9.98. The number of methoxy groups -OCH3 is 2. The highest BCUT2D eigenvalue weighted by Crippen LogP contribution is 2.38. The first-order chi connectivity index (χ1) is 18.9. The van der Waals surface area contributed by atoms with Crippen molar-refractivity contribution in [2.24, 2.45) is 0 Å². The SMILES string of the molecule is COC(=O)[C@]1(O)O[C@@H](OCc2ccccc2)[C@H](OC(=O)c2ccccc2)[C@@H](OCc2ccc(OC)cc2)[C@@H]1Br. The number of alkyl halides is 1. The van der Waals surface area contributed by atoms with Gasteiger partial charge in [0, 0.05) is 0 Å². The normalized spacial score (nSPS) is 24.5. The summed E-state index contributed by atoms with van der Waals surface area (Å²) in [5.74, 6) is -3.55. The third-order valence-corrected chi connectivity index (χ3v) is 7.28. The molecule has 0 saturated carbocycles. The summed E-state index contributed by atoms with van der Waals surface area (Å²) in [6.45, 7) is 0.0963. The maximum absolute atomic E-state index is 13.1. The van der Waals surface area contributed by atoms with Gasteiger partial charge in [-0.15, -0.1) is 0 Å². The van der Waals surface area contributed by atoms with Gasteiger partial charge in [0.25, 0.3) is 5.79 Å². The molecule has 0 bridgehead atoms. The van der Waals surface area contributed by atoms with E-state index >= 15 is 0 Å². The van der Waals surface area contributed by atoms with Crippen LogP contribution in [-0.2, 0) is 41.7 Å². The van der Waals surface area contributed by atoms with Gasteiger partial charge >= 0.3 is 11.9 Å². The largest absolute Gasteiger partial charge is 0.497 e. The minimum absolute atomic E-state index is 0.0420. The van der Waals surface area contributed by atoms with Crippen LogP contribution in [0.5, 0.6) is 5.75 Å². The zero-order valence-electron chi connectivity index (χ0n) is 21.4. The molecule has 1 fully saturated rings. The van der Waals surface area contributed by atoms with E-state index in [0.717, 1.165) is 18.2 Å². The van der Waals surface area contributed by atoms with Crippen LogP contribution >= 0.6 is 15.9 Å². The van der Waals surface area contributed by atoms with E-state index in [1.54, 1.807) is 49.6 Å². The minimum Gasteiger partial charge on any atom is -0.497 e. The smallest absolute Gasteiger partial charge is 0.367 e. The van der Waals surface area contributed by atoms with Crippen LogP contribution in [-0.4, -0.2) is 60.4 Å². The Kier molecular flexibility index (Phi) is 9.71. The zero-order valence-corrected chi connectivity index (χ0v) is 23.0. The van der Waals surface area contributed by atoms with Gasteiger partial charge in [-0.2, -0.15) is 0 Å². The van der Waals surface area contributed by atoms with Gasteiger partial charge in [0.1, 0.15) is 16.7 Å². The molecule has 9 nitrogen and oxygen atoms in total. The van der Waals surface area contributed by atoms with Crippen molar-refractivity contribution in [1.29, 1.82) is 0 Å². The van der Waals surface area contributed by atoms with Gasteiger partial charge in [-0.1, -0.05) is 76.6 Å². The lowest BCUT2D eigenvalue weighted by Gasteiger charge is -2.46. The first kappa shape index (κ1) is 28.7. The van der Waals surface area contributed by atoms with Crippen LogP contribution in [0.15, 0.2) is 84.9 Å². The Morgan fingerprint density at radius 3 is 2.05 bits per heavy atom. The fourth-order valence-electron chi connectivity index (χ4n) is 4.02. The van der Waals surface area contributed by atoms with Gasteiger partial charge < -0.3 is 33.5 Å². The molecule has 1 heterocycles. The number of benzene rings is 3. The number of halogens is 1. The molecule has 1 aliphatic heterocycles. The molecule has 0 spiro atoms. The molecule has 0 aliphatic carbocycles. The molecule has 3 aromatic carbocycles. The quantitative estimate of drug-likeness (QED) is 0.273. The number of ether oxygens (including phenoxy) is 6. The number of carbonyl (C=O) groups excluding carboxylic acids is 2.